The van der Waals surface area contributed by atoms with Crippen molar-refractivity contribution in [3.05, 3.63) is 64.1 Å². The van der Waals surface area contributed by atoms with Gasteiger partial charge in [-0.05, 0) is 52.2 Å². The molecular weight excluding hydrogens is 307 g/mol. The number of likely N-dealkylation sites (N-methyl/N-ethyl adjacent to an activating group) is 1. The first-order chi connectivity index (χ1) is 9.22. The Kier molecular flexibility index (Phi) is 5.05. The number of hydrogen-bond acceptors (Lipinski definition) is 2. The molecule has 2 rings (SSSR count). The molecule has 100 valence electrons. The van der Waals surface area contributed by atoms with Gasteiger partial charge in [-0.1, -0.05) is 25.1 Å². The highest BCUT2D eigenvalue weighted by molar-refractivity contribution is 9.10. The summed E-state index contributed by atoms with van der Waals surface area (Å²) < 4.78 is 14.1. The SMILES string of the molecule is CCNC(Cc1cccc(F)c1Br)c1cccnc1. The second-order valence-corrected chi connectivity index (χ2v) is 5.11. The highest BCUT2D eigenvalue weighted by Crippen LogP contribution is 2.25. The highest BCUT2D eigenvalue weighted by atomic mass is 79.9. The third-order valence-corrected chi connectivity index (χ3v) is 3.88. The molecule has 1 atom stereocenters. The van der Waals surface area contributed by atoms with Gasteiger partial charge in [-0.15, -0.1) is 0 Å². The lowest BCUT2D eigenvalue weighted by atomic mass is 10.00. The van der Waals surface area contributed by atoms with Crippen LogP contribution in [0.2, 0.25) is 0 Å². The van der Waals surface area contributed by atoms with Crippen molar-refractivity contribution in [1.29, 1.82) is 0 Å². The van der Waals surface area contributed by atoms with Gasteiger partial charge in [0.05, 0.1) is 4.47 Å². The maximum Gasteiger partial charge on any atom is 0.137 e. The minimum Gasteiger partial charge on any atom is -0.310 e. The lowest BCUT2D eigenvalue weighted by Gasteiger charge is -2.19. The van der Waals surface area contributed by atoms with Crippen LogP contribution in [0.1, 0.15) is 24.1 Å². The van der Waals surface area contributed by atoms with Gasteiger partial charge in [-0.3, -0.25) is 4.98 Å². The van der Waals surface area contributed by atoms with Gasteiger partial charge in [-0.25, -0.2) is 4.39 Å². The Bertz CT molecular complexity index is 531. The van der Waals surface area contributed by atoms with Crippen molar-refractivity contribution < 1.29 is 4.39 Å². The Balaban J connectivity index is 2.24. The molecule has 0 spiro atoms. The molecule has 0 aliphatic rings. The number of pyridine rings is 1. The zero-order chi connectivity index (χ0) is 13.7. The number of benzene rings is 1. The maximum absolute atomic E-state index is 13.5. The highest BCUT2D eigenvalue weighted by Gasteiger charge is 2.14. The van der Waals surface area contributed by atoms with Gasteiger partial charge in [0.2, 0.25) is 0 Å². The van der Waals surface area contributed by atoms with Crippen molar-refractivity contribution in [3.8, 4) is 0 Å². The van der Waals surface area contributed by atoms with Crippen LogP contribution < -0.4 is 5.32 Å². The summed E-state index contributed by atoms with van der Waals surface area (Å²) in [7, 11) is 0. The molecule has 0 radical (unpaired) electrons. The zero-order valence-electron chi connectivity index (χ0n) is 10.7. The van der Waals surface area contributed by atoms with Crippen LogP contribution in [-0.2, 0) is 6.42 Å². The summed E-state index contributed by atoms with van der Waals surface area (Å²) in [5.41, 5.74) is 2.07. The first kappa shape index (κ1) is 14.2. The van der Waals surface area contributed by atoms with Gasteiger partial charge in [0, 0.05) is 18.4 Å². The molecule has 4 heteroatoms. The van der Waals surface area contributed by atoms with Crippen molar-refractivity contribution in [1.82, 2.24) is 10.3 Å². The number of aromatic nitrogens is 1. The van der Waals surface area contributed by atoms with Gasteiger partial charge in [-0.2, -0.15) is 0 Å². The van der Waals surface area contributed by atoms with E-state index in [1.54, 1.807) is 12.3 Å². The van der Waals surface area contributed by atoms with Crippen molar-refractivity contribution in [2.75, 3.05) is 6.54 Å². The Morgan fingerprint density at radius 3 is 2.84 bits per heavy atom. The molecule has 0 saturated carbocycles. The molecule has 0 amide bonds. The lowest BCUT2D eigenvalue weighted by Crippen LogP contribution is -2.23. The molecule has 1 aromatic heterocycles. The van der Waals surface area contributed by atoms with Crippen LogP contribution in [0, 0.1) is 5.82 Å². The standard InChI is InChI=1S/C15H16BrFN2/c1-2-19-14(12-6-4-8-18-10-12)9-11-5-3-7-13(17)15(11)16/h3-8,10,14,19H,2,9H2,1H3. The quantitative estimate of drug-likeness (QED) is 0.903. The largest absolute Gasteiger partial charge is 0.310 e. The van der Waals surface area contributed by atoms with Crippen LogP contribution in [0.4, 0.5) is 4.39 Å². The van der Waals surface area contributed by atoms with Crippen LogP contribution in [0.25, 0.3) is 0 Å². The molecule has 0 aliphatic carbocycles. The van der Waals surface area contributed by atoms with E-state index in [-0.39, 0.29) is 11.9 Å². The van der Waals surface area contributed by atoms with Gasteiger partial charge >= 0.3 is 0 Å². The van der Waals surface area contributed by atoms with E-state index >= 15 is 0 Å². The van der Waals surface area contributed by atoms with Crippen LogP contribution in [0.5, 0.6) is 0 Å². The smallest absolute Gasteiger partial charge is 0.137 e. The molecule has 1 aromatic carbocycles. The number of nitrogens with one attached hydrogen (secondary N) is 1. The topological polar surface area (TPSA) is 24.9 Å². The molecule has 2 aromatic rings. The Hall–Kier alpha value is -1.26. The van der Waals surface area contributed by atoms with Crippen LogP contribution in [0.3, 0.4) is 0 Å². The molecule has 0 fully saturated rings. The Morgan fingerprint density at radius 1 is 1.32 bits per heavy atom. The average Bonchev–Trinajstić information content (AvgIpc) is 2.44. The van der Waals surface area contributed by atoms with Crippen molar-refractivity contribution in [2.45, 2.75) is 19.4 Å². The van der Waals surface area contributed by atoms with Crippen LogP contribution in [-0.4, -0.2) is 11.5 Å². The predicted molar refractivity (Wildman–Crippen MR) is 78.5 cm³/mol. The van der Waals surface area contributed by atoms with E-state index in [1.165, 1.54) is 6.07 Å². The minimum atomic E-state index is -0.223. The fourth-order valence-electron chi connectivity index (χ4n) is 2.06. The zero-order valence-corrected chi connectivity index (χ0v) is 12.3. The summed E-state index contributed by atoms with van der Waals surface area (Å²) in [6.45, 7) is 2.91. The fraction of sp³-hybridized carbons (Fsp3) is 0.267. The maximum atomic E-state index is 13.5. The molecular formula is C15H16BrFN2. The van der Waals surface area contributed by atoms with Gasteiger partial charge in [0.15, 0.2) is 0 Å². The van der Waals surface area contributed by atoms with E-state index in [0.29, 0.717) is 4.47 Å². The van der Waals surface area contributed by atoms with Crippen LogP contribution >= 0.6 is 15.9 Å². The van der Waals surface area contributed by atoms with Crippen molar-refractivity contribution in [3.63, 3.8) is 0 Å². The lowest BCUT2D eigenvalue weighted by molar-refractivity contribution is 0.543. The van der Waals surface area contributed by atoms with E-state index in [9.17, 15) is 4.39 Å². The summed E-state index contributed by atoms with van der Waals surface area (Å²) in [4.78, 5) is 4.14. The van der Waals surface area contributed by atoms with Crippen molar-refractivity contribution >= 4 is 15.9 Å². The predicted octanol–water partition coefficient (Wildman–Crippen LogP) is 3.88. The van der Waals surface area contributed by atoms with Crippen LogP contribution in [0.15, 0.2) is 47.2 Å². The minimum absolute atomic E-state index is 0.136. The molecule has 0 aliphatic heterocycles. The average molecular weight is 323 g/mol. The van der Waals surface area contributed by atoms with E-state index in [2.05, 4.69) is 33.2 Å². The summed E-state index contributed by atoms with van der Waals surface area (Å²) in [6.07, 6.45) is 4.32. The molecule has 2 nitrogen and oxygen atoms in total. The Labute approximate surface area is 121 Å². The molecule has 0 saturated heterocycles. The van der Waals surface area contributed by atoms with Crippen molar-refractivity contribution in [2.24, 2.45) is 0 Å². The third-order valence-electron chi connectivity index (χ3n) is 2.99. The summed E-state index contributed by atoms with van der Waals surface area (Å²) in [5.74, 6) is -0.223. The molecule has 1 N–H and O–H groups in total. The number of rotatable bonds is 5. The van der Waals surface area contributed by atoms with E-state index in [0.717, 1.165) is 24.1 Å². The number of halogens is 2. The second kappa shape index (κ2) is 6.78. The third kappa shape index (κ3) is 3.61. The number of nitrogens with zero attached hydrogens (tertiary/aromatic N) is 1. The van der Waals surface area contributed by atoms with E-state index in [4.69, 9.17) is 0 Å². The monoisotopic (exact) mass is 322 g/mol. The first-order valence-corrected chi connectivity index (χ1v) is 7.08. The van der Waals surface area contributed by atoms with E-state index in [1.807, 2.05) is 24.4 Å². The summed E-state index contributed by atoms with van der Waals surface area (Å²) >= 11 is 3.31. The van der Waals surface area contributed by atoms with Gasteiger partial charge < -0.3 is 5.32 Å². The molecule has 1 unspecified atom stereocenters. The van der Waals surface area contributed by atoms with Gasteiger partial charge in [0.25, 0.3) is 0 Å². The normalized spacial score (nSPS) is 12.4. The molecule has 19 heavy (non-hydrogen) atoms. The fourth-order valence-corrected chi connectivity index (χ4v) is 2.49. The molecule has 1 heterocycles. The summed E-state index contributed by atoms with van der Waals surface area (Å²) in [5, 5.41) is 3.41. The Morgan fingerprint density at radius 2 is 2.16 bits per heavy atom. The second-order valence-electron chi connectivity index (χ2n) is 4.31. The molecule has 0 bridgehead atoms. The first-order valence-electron chi connectivity index (χ1n) is 6.28. The summed E-state index contributed by atoms with van der Waals surface area (Å²) in [6, 6.07) is 9.22. The number of hydrogen-bond donors (Lipinski definition) is 1. The van der Waals surface area contributed by atoms with Gasteiger partial charge in [0.1, 0.15) is 5.82 Å². The van der Waals surface area contributed by atoms with E-state index < -0.39 is 0 Å².